The highest BCUT2D eigenvalue weighted by molar-refractivity contribution is 6.51. The second kappa shape index (κ2) is 10.1. The van der Waals surface area contributed by atoms with Crippen LogP contribution in [0.25, 0.3) is 5.76 Å². The Morgan fingerprint density at radius 3 is 2.51 bits per heavy atom. The minimum absolute atomic E-state index is 0.118. The molecule has 9 heteroatoms. The summed E-state index contributed by atoms with van der Waals surface area (Å²) in [6.07, 6.45) is 3.13. The normalized spacial score (nSPS) is 16.9. The fraction of sp³-hybridized carbons (Fsp3) is 0.192. The van der Waals surface area contributed by atoms with Crippen molar-refractivity contribution in [3.63, 3.8) is 0 Å². The molecule has 1 saturated heterocycles. The van der Waals surface area contributed by atoms with E-state index < -0.39 is 23.5 Å². The van der Waals surface area contributed by atoms with E-state index in [1.54, 1.807) is 48.8 Å². The van der Waals surface area contributed by atoms with Crippen molar-refractivity contribution >= 4 is 34.7 Å². The number of Topliss-reactive ketones (excluding diaryl/α,β-unsaturated/α-hetero) is 1. The summed E-state index contributed by atoms with van der Waals surface area (Å²) in [5.41, 5.74) is 1.01. The number of aliphatic hydroxyl groups is 1. The number of aliphatic hydroxyl groups excluding tert-OH is 1. The molecule has 0 radical (unpaired) electrons. The van der Waals surface area contributed by atoms with Gasteiger partial charge in [0.15, 0.2) is 0 Å². The SMILES string of the molecule is CCOc1cccc(N2C(=O)C(=O)/C(=C(/O)c3cc(OC)c(Cl)cc3OC)C2c2cccnc2)c1. The summed E-state index contributed by atoms with van der Waals surface area (Å²) in [4.78, 5) is 32.2. The Kier molecular flexibility index (Phi) is 6.93. The maximum atomic E-state index is 13.4. The molecule has 1 aliphatic rings. The molecule has 1 amide bonds. The minimum atomic E-state index is -0.952. The zero-order valence-corrected chi connectivity index (χ0v) is 20.1. The summed E-state index contributed by atoms with van der Waals surface area (Å²) in [6.45, 7) is 2.29. The number of anilines is 1. The van der Waals surface area contributed by atoms with Crippen molar-refractivity contribution < 1.29 is 28.9 Å². The summed E-state index contributed by atoms with van der Waals surface area (Å²) >= 11 is 6.21. The molecule has 1 aromatic heterocycles. The minimum Gasteiger partial charge on any atom is -0.507 e. The molecule has 0 saturated carbocycles. The molecular weight excluding hydrogens is 472 g/mol. The number of methoxy groups -OCH3 is 2. The highest BCUT2D eigenvalue weighted by atomic mass is 35.5. The van der Waals surface area contributed by atoms with Gasteiger partial charge in [-0.25, -0.2) is 0 Å². The van der Waals surface area contributed by atoms with Gasteiger partial charge >= 0.3 is 0 Å². The average Bonchev–Trinajstić information content (AvgIpc) is 3.14. The van der Waals surface area contributed by atoms with E-state index in [9.17, 15) is 14.7 Å². The van der Waals surface area contributed by atoms with Gasteiger partial charge in [0, 0.05) is 30.2 Å². The molecule has 180 valence electrons. The first-order valence-corrected chi connectivity index (χ1v) is 11.1. The van der Waals surface area contributed by atoms with E-state index in [4.69, 9.17) is 25.8 Å². The second-order valence-electron chi connectivity index (χ2n) is 7.57. The molecule has 4 rings (SSSR count). The van der Waals surface area contributed by atoms with Crippen LogP contribution >= 0.6 is 11.6 Å². The molecule has 1 unspecified atom stereocenters. The summed E-state index contributed by atoms with van der Waals surface area (Å²) in [6, 6.07) is 12.3. The van der Waals surface area contributed by atoms with Crippen LogP contribution in [-0.2, 0) is 9.59 Å². The number of hydrogen-bond donors (Lipinski definition) is 1. The number of rotatable bonds is 7. The lowest BCUT2D eigenvalue weighted by molar-refractivity contribution is -0.132. The Morgan fingerprint density at radius 2 is 1.86 bits per heavy atom. The molecular formula is C26H23ClN2O6. The van der Waals surface area contributed by atoms with Crippen LogP contribution < -0.4 is 19.1 Å². The molecule has 1 fully saturated rings. The summed E-state index contributed by atoms with van der Waals surface area (Å²) in [5, 5.41) is 11.7. The molecule has 2 heterocycles. The largest absolute Gasteiger partial charge is 0.507 e. The predicted octanol–water partition coefficient (Wildman–Crippen LogP) is 4.78. The van der Waals surface area contributed by atoms with Crippen LogP contribution in [0.2, 0.25) is 5.02 Å². The Bertz CT molecular complexity index is 1310. The molecule has 1 N–H and O–H groups in total. The molecule has 2 aromatic carbocycles. The van der Waals surface area contributed by atoms with Gasteiger partial charge in [0.1, 0.15) is 23.0 Å². The number of amides is 1. The van der Waals surface area contributed by atoms with Gasteiger partial charge in [-0.05, 0) is 36.8 Å². The highest BCUT2D eigenvalue weighted by Crippen LogP contribution is 2.45. The van der Waals surface area contributed by atoms with Crippen molar-refractivity contribution in [1.29, 1.82) is 0 Å². The van der Waals surface area contributed by atoms with Crippen LogP contribution in [0, 0.1) is 0 Å². The number of halogens is 1. The molecule has 0 spiro atoms. The van der Waals surface area contributed by atoms with Gasteiger partial charge in [0.2, 0.25) is 0 Å². The third-order valence-electron chi connectivity index (χ3n) is 5.58. The second-order valence-corrected chi connectivity index (χ2v) is 7.98. The Balaban J connectivity index is 1.96. The van der Waals surface area contributed by atoms with E-state index >= 15 is 0 Å². The van der Waals surface area contributed by atoms with Crippen LogP contribution in [0.5, 0.6) is 17.2 Å². The fourth-order valence-electron chi connectivity index (χ4n) is 4.03. The van der Waals surface area contributed by atoms with Crippen LogP contribution in [0.3, 0.4) is 0 Å². The van der Waals surface area contributed by atoms with Crippen molar-refractivity contribution in [3.05, 3.63) is 82.6 Å². The number of ketones is 1. The maximum Gasteiger partial charge on any atom is 0.300 e. The number of ether oxygens (including phenoxy) is 3. The third-order valence-corrected chi connectivity index (χ3v) is 5.88. The van der Waals surface area contributed by atoms with Gasteiger partial charge in [-0.1, -0.05) is 23.7 Å². The van der Waals surface area contributed by atoms with Crippen molar-refractivity contribution in [2.24, 2.45) is 0 Å². The number of hydrogen-bond acceptors (Lipinski definition) is 7. The Morgan fingerprint density at radius 1 is 1.09 bits per heavy atom. The zero-order valence-electron chi connectivity index (χ0n) is 19.3. The van der Waals surface area contributed by atoms with Gasteiger partial charge in [0.25, 0.3) is 11.7 Å². The molecule has 1 aliphatic heterocycles. The van der Waals surface area contributed by atoms with Crippen molar-refractivity contribution in [3.8, 4) is 17.2 Å². The van der Waals surface area contributed by atoms with E-state index in [0.717, 1.165) is 0 Å². The number of carbonyl (C=O) groups excluding carboxylic acids is 2. The molecule has 35 heavy (non-hydrogen) atoms. The van der Waals surface area contributed by atoms with E-state index in [0.29, 0.717) is 23.6 Å². The van der Waals surface area contributed by atoms with Gasteiger partial charge in [0.05, 0.1) is 43.0 Å². The molecule has 0 bridgehead atoms. The van der Waals surface area contributed by atoms with Gasteiger partial charge < -0.3 is 19.3 Å². The van der Waals surface area contributed by atoms with Crippen LogP contribution in [0.15, 0.2) is 66.5 Å². The first-order chi connectivity index (χ1) is 16.9. The highest BCUT2D eigenvalue weighted by Gasteiger charge is 2.47. The van der Waals surface area contributed by atoms with E-state index in [1.807, 2.05) is 6.92 Å². The quantitative estimate of drug-likeness (QED) is 0.287. The predicted molar refractivity (Wildman–Crippen MR) is 131 cm³/mol. The third kappa shape index (κ3) is 4.40. The molecule has 3 aromatic rings. The monoisotopic (exact) mass is 494 g/mol. The standard InChI is InChI=1S/C26H23ClN2O6/c1-4-35-17-9-5-8-16(11-17)29-23(15-7-6-10-28-14-15)22(25(31)26(29)32)24(30)18-12-21(34-3)19(27)13-20(18)33-2/h5-14,23,30H,4H2,1-3H3/b24-22+. The van der Waals surface area contributed by atoms with Gasteiger partial charge in [-0.2, -0.15) is 0 Å². The molecule has 8 nitrogen and oxygen atoms in total. The van der Waals surface area contributed by atoms with E-state index in [-0.39, 0.29) is 27.7 Å². The maximum absolute atomic E-state index is 13.4. The lowest BCUT2D eigenvalue weighted by Crippen LogP contribution is -2.29. The number of aromatic nitrogens is 1. The van der Waals surface area contributed by atoms with Gasteiger partial charge in [-0.15, -0.1) is 0 Å². The summed E-state index contributed by atoms with van der Waals surface area (Å²) in [7, 11) is 2.84. The Hall–Kier alpha value is -4.04. The lowest BCUT2D eigenvalue weighted by atomic mass is 9.95. The number of pyridine rings is 1. The first kappa shape index (κ1) is 24.1. The smallest absolute Gasteiger partial charge is 0.300 e. The number of benzene rings is 2. The fourth-order valence-corrected chi connectivity index (χ4v) is 4.26. The number of carbonyl (C=O) groups is 2. The summed E-state index contributed by atoms with van der Waals surface area (Å²) < 4.78 is 16.2. The van der Waals surface area contributed by atoms with E-state index in [2.05, 4.69) is 4.98 Å². The van der Waals surface area contributed by atoms with Crippen LogP contribution in [-0.4, -0.2) is 42.6 Å². The number of nitrogens with zero attached hydrogens (tertiary/aromatic N) is 2. The first-order valence-electron chi connectivity index (χ1n) is 10.8. The topological polar surface area (TPSA) is 98.2 Å². The van der Waals surface area contributed by atoms with Gasteiger partial charge in [-0.3, -0.25) is 19.5 Å². The van der Waals surface area contributed by atoms with Crippen LogP contribution in [0.4, 0.5) is 5.69 Å². The average molecular weight is 495 g/mol. The van der Waals surface area contributed by atoms with Crippen molar-refractivity contribution in [1.82, 2.24) is 4.98 Å². The summed E-state index contributed by atoms with van der Waals surface area (Å²) in [5.74, 6) is -1.05. The van der Waals surface area contributed by atoms with E-state index in [1.165, 1.54) is 31.3 Å². The molecule has 0 aliphatic carbocycles. The zero-order chi connectivity index (χ0) is 25.1. The lowest BCUT2D eigenvalue weighted by Gasteiger charge is -2.25. The molecule has 1 atom stereocenters. The van der Waals surface area contributed by atoms with Crippen LogP contribution in [0.1, 0.15) is 24.1 Å². The van der Waals surface area contributed by atoms with Crippen molar-refractivity contribution in [2.45, 2.75) is 13.0 Å². The van der Waals surface area contributed by atoms with Crippen molar-refractivity contribution in [2.75, 3.05) is 25.7 Å². The Labute approximate surface area is 207 Å².